The Bertz CT molecular complexity index is 1180. The zero-order valence-corrected chi connectivity index (χ0v) is 19.8. The first kappa shape index (κ1) is 21.8. The third-order valence-electron chi connectivity index (χ3n) is 6.94. The average molecular weight is 445 g/mol. The Morgan fingerprint density at radius 3 is 2.91 bits per heavy atom. The first-order valence-corrected chi connectivity index (χ1v) is 11.9. The smallest absolute Gasteiger partial charge is 0.219 e. The van der Waals surface area contributed by atoms with Gasteiger partial charge in [0.25, 0.3) is 0 Å². The fourth-order valence-corrected chi connectivity index (χ4v) is 5.13. The Morgan fingerprint density at radius 2 is 2.09 bits per heavy atom. The van der Waals surface area contributed by atoms with E-state index < -0.39 is 0 Å². The number of pyridine rings is 1. The number of hydrogen-bond acceptors (Lipinski definition) is 6. The molecular weight excluding hydrogens is 412 g/mol. The Kier molecular flexibility index (Phi) is 5.98. The summed E-state index contributed by atoms with van der Waals surface area (Å²) < 4.78 is 0. The van der Waals surface area contributed by atoms with Gasteiger partial charge in [0.2, 0.25) is 5.91 Å². The Labute approximate surface area is 195 Å². The molecule has 0 bridgehead atoms. The molecule has 0 N–H and O–H groups in total. The van der Waals surface area contributed by atoms with E-state index in [1.807, 2.05) is 17.2 Å². The highest BCUT2D eigenvalue weighted by atomic mass is 16.2. The molecule has 0 aliphatic carbocycles. The molecule has 2 aliphatic heterocycles. The summed E-state index contributed by atoms with van der Waals surface area (Å²) in [6, 6.07) is 10.5. The molecular formula is C26H32N6O. The van der Waals surface area contributed by atoms with E-state index in [1.165, 1.54) is 12.0 Å². The van der Waals surface area contributed by atoms with Crippen LogP contribution in [0.15, 0.2) is 36.5 Å². The summed E-state index contributed by atoms with van der Waals surface area (Å²) in [6.45, 7) is 5.82. The number of aromatic nitrogens is 3. The van der Waals surface area contributed by atoms with E-state index in [0.29, 0.717) is 12.5 Å². The molecule has 0 radical (unpaired) electrons. The Hall–Kier alpha value is -3.06. The van der Waals surface area contributed by atoms with Crippen molar-refractivity contribution in [2.75, 3.05) is 38.6 Å². The van der Waals surface area contributed by atoms with Gasteiger partial charge in [-0.05, 0) is 50.2 Å². The van der Waals surface area contributed by atoms with Gasteiger partial charge in [-0.1, -0.05) is 12.1 Å². The number of piperidine rings is 1. The van der Waals surface area contributed by atoms with E-state index in [2.05, 4.69) is 53.1 Å². The van der Waals surface area contributed by atoms with E-state index in [4.69, 9.17) is 9.97 Å². The van der Waals surface area contributed by atoms with Crippen LogP contribution < -0.4 is 4.90 Å². The number of likely N-dealkylation sites (tertiary alicyclic amines) is 1. The molecule has 1 atom stereocenters. The van der Waals surface area contributed by atoms with Gasteiger partial charge in [0.15, 0.2) is 0 Å². The SMILES string of the molecule is CC(=O)N1CCc2nc([C@@H]3CCCN(C)C3)nc(N(C)Cc3ccc4ncccc4c3)c2C1. The van der Waals surface area contributed by atoms with Crippen LogP contribution in [0.25, 0.3) is 10.9 Å². The van der Waals surface area contributed by atoms with Crippen molar-refractivity contribution in [1.29, 1.82) is 0 Å². The number of benzene rings is 1. The second-order valence-electron chi connectivity index (χ2n) is 9.51. The minimum absolute atomic E-state index is 0.106. The predicted octanol–water partition coefficient (Wildman–Crippen LogP) is 3.38. The van der Waals surface area contributed by atoms with Crippen molar-refractivity contribution in [2.24, 2.45) is 0 Å². The first-order chi connectivity index (χ1) is 16.0. The third kappa shape index (κ3) is 4.55. The van der Waals surface area contributed by atoms with Crippen LogP contribution in [0, 0.1) is 0 Å². The Balaban J connectivity index is 1.50. The summed E-state index contributed by atoms with van der Waals surface area (Å²) in [5.74, 6) is 2.38. The highest BCUT2D eigenvalue weighted by Crippen LogP contribution is 2.31. The van der Waals surface area contributed by atoms with Crippen LogP contribution in [0.2, 0.25) is 0 Å². The average Bonchev–Trinajstić information content (AvgIpc) is 2.82. The number of carbonyl (C=O) groups excluding carboxylic acids is 1. The van der Waals surface area contributed by atoms with Crippen LogP contribution in [0.4, 0.5) is 5.82 Å². The number of amides is 1. The molecule has 1 fully saturated rings. The lowest BCUT2D eigenvalue weighted by atomic mass is 9.96. The lowest BCUT2D eigenvalue weighted by Gasteiger charge is -2.33. The van der Waals surface area contributed by atoms with Crippen LogP contribution in [0.3, 0.4) is 0 Å². The largest absolute Gasteiger partial charge is 0.355 e. The number of hydrogen-bond donors (Lipinski definition) is 0. The van der Waals surface area contributed by atoms with Crippen LogP contribution in [-0.4, -0.2) is 64.4 Å². The highest BCUT2D eigenvalue weighted by molar-refractivity contribution is 5.79. The Morgan fingerprint density at radius 1 is 1.21 bits per heavy atom. The molecule has 33 heavy (non-hydrogen) atoms. The van der Waals surface area contributed by atoms with Crippen LogP contribution in [0.1, 0.15) is 48.3 Å². The molecule has 0 saturated carbocycles. The molecule has 5 rings (SSSR count). The lowest BCUT2D eigenvalue weighted by molar-refractivity contribution is -0.129. The second kappa shape index (κ2) is 9.06. The topological polar surface area (TPSA) is 65.5 Å². The second-order valence-corrected chi connectivity index (χ2v) is 9.51. The predicted molar refractivity (Wildman–Crippen MR) is 130 cm³/mol. The number of anilines is 1. The summed E-state index contributed by atoms with van der Waals surface area (Å²) in [5.41, 5.74) is 4.41. The summed E-state index contributed by atoms with van der Waals surface area (Å²) in [7, 11) is 4.27. The minimum Gasteiger partial charge on any atom is -0.355 e. The van der Waals surface area contributed by atoms with Gasteiger partial charge < -0.3 is 14.7 Å². The van der Waals surface area contributed by atoms with Gasteiger partial charge in [0, 0.05) is 63.1 Å². The van der Waals surface area contributed by atoms with E-state index in [9.17, 15) is 4.79 Å². The van der Waals surface area contributed by atoms with Gasteiger partial charge in [-0.2, -0.15) is 0 Å². The lowest BCUT2D eigenvalue weighted by Crippen LogP contribution is -2.37. The van der Waals surface area contributed by atoms with E-state index >= 15 is 0 Å². The maximum absolute atomic E-state index is 12.1. The number of nitrogens with zero attached hydrogens (tertiary/aromatic N) is 6. The van der Waals surface area contributed by atoms with Crippen molar-refractivity contribution in [3.8, 4) is 0 Å². The summed E-state index contributed by atoms with van der Waals surface area (Å²) in [4.78, 5) is 33.2. The number of fused-ring (bicyclic) bond motifs is 2. The fraction of sp³-hybridized carbons (Fsp3) is 0.462. The quantitative estimate of drug-likeness (QED) is 0.615. The maximum atomic E-state index is 12.1. The fourth-order valence-electron chi connectivity index (χ4n) is 5.13. The summed E-state index contributed by atoms with van der Waals surface area (Å²) >= 11 is 0. The van der Waals surface area contributed by atoms with Crippen molar-refractivity contribution in [2.45, 2.75) is 45.2 Å². The third-order valence-corrected chi connectivity index (χ3v) is 6.94. The van der Waals surface area contributed by atoms with Gasteiger partial charge >= 0.3 is 0 Å². The molecule has 1 aromatic carbocycles. The highest BCUT2D eigenvalue weighted by Gasteiger charge is 2.29. The van der Waals surface area contributed by atoms with Crippen molar-refractivity contribution >= 4 is 22.6 Å². The molecule has 1 saturated heterocycles. The number of likely N-dealkylation sites (N-methyl/N-ethyl adjacent to an activating group) is 1. The van der Waals surface area contributed by atoms with Crippen LogP contribution >= 0.6 is 0 Å². The molecule has 7 heteroatoms. The van der Waals surface area contributed by atoms with Gasteiger partial charge in [0.1, 0.15) is 11.6 Å². The molecule has 0 spiro atoms. The van der Waals surface area contributed by atoms with Crippen molar-refractivity contribution in [3.05, 3.63) is 59.2 Å². The van der Waals surface area contributed by atoms with Crippen LogP contribution in [-0.2, 0) is 24.3 Å². The molecule has 4 heterocycles. The summed E-state index contributed by atoms with van der Waals surface area (Å²) in [6.07, 6.45) is 4.92. The molecule has 7 nitrogen and oxygen atoms in total. The zero-order chi connectivity index (χ0) is 22.9. The first-order valence-electron chi connectivity index (χ1n) is 11.9. The van der Waals surface area contributed by atoms with Gasteiger partial charge in [0.05, 0.1) is 17.8 Å². The standard InChI is InChI=1S/C26H32N6O/c1-18(33)32-13-10-24-22(17-32)26(29-25(28-24)21-7-5-12-30(2)16-21)31(3)15-19-8-9-23-20(14-19)6-4-11-27-23/h4,6,8-9,11,14,21H,5,7,10,12-13,15-17H2,1-3H3/t21-/m1/s1. The van der Waals surface area contributed by atoms with Gasteiger partial charge in [-0.15, -0.1) is 0 Å². The normalized spacial score (nSPS) is 18.9. The molecule has 0 unspecified atom stereocenters. The maximum Gasteiger partial charge on any atom is 0.219 e. The van der Waals surface area contributed by atoms with E-state index in [-0.39, 0.29) is 5.91 Å². The molecule has 3 aromatic rings. The minimum atomic E-state index is 0.106. The van der Waals surface area contributed by atoms with E-state index in [0.717, 1.165) is 72.8 Å². The zero-order valence-electron chi connectivity index (χ0n) is 19.8. The van der Waals surface area contributed by atoms with Gasteiger partial charge in [-0.25, -0.2) is 9.97 Å². The van der Waals surface area contributed by atoms with Gasteiger partial charge in [-0.3, -0.25) is 9.78 Å². The molecule has 172 valence electrons. The van der Waals surface area contributed by atoms with Crippen molar-refractivity contribution in [1.82, 2.24) is 24.8 Å². The van der Waals surface area contributed by atoms with Crippen LogP contribution in [0.5, 0.6) is 0 Å². The van der Waals surface area contributed by atoms with Crippen molar-refractivity contribution < 1.29 is 4.79 Å². The summed E-state index contributed by atoms with van der Waals surface area (Å²) in [5, 5.41) is 1.14. The van der Waals surface area contributed by atoms with Crippen molar-refractivity contribution in [3.63, 3.8) is 0 Å². The molecule has 1 amide bonds. The van der Waals surface area contributed by atoms with E-state index in [1.54, 1.807) is 6.92 Å². The monoisotopic (exact) mass is 444 g/mol. The molecule has 2 aliphatic rings. The molecule has 2 aromatic heterocycles. The number of carbonyl (C=O) groups is 1. The number of rotatable bonds is 4.